The molecule has 0 spiro atoms. The van der Waals surface area contributed by atoms with Crippen molar-refractivity contribution in [1.29, 1.82) is 0 Å². The van der Waals surface area contributed by atoms with Gasteiger partial charge in [0.2, 0.25) is 5.91 Å². The fourth-order valence-corrected chi connectivity index (χ4v) is 3.74. The first-order valence-electron chi connectivity index (χ1n) is 9.37. The van der Waals surface area contributed by atoms with Gasteiger partial charge in [0, 0.05) is 25.7 Å². The molecule has 0 saturated carbocycles. The van der Waals surface area contributed by atoms with Crippen LogP contribution in [0.2, 0.25) is 0 Å². The second-order valence-corrected chi connectivity index (χ2v) is 7.76. The molecule has 0 bridgehead atoms. The number of nitrogens with zero attached hydrogens (tertiary/aromatic N) is 2. The van der Waals surface area contributed by atoms with Crippen molar-refractivity contribution < 1.29 is 23.9 Å². The molecule has 1 saturated heterocycles. The molecule has 1 fully saturated rings. The maximum absolute atomic E-state index is 12.5. The van der Waals surface area contributed by atoms with Crippen LogP contribution < -0.4 is 0 Å². The molecule has 154 valence electrons. The molecular formula is C21H24N2O5S. The number of carbonyl (C=O) groups is 3. The van der Waals surface area contributed by atoms with Gasteiger partial charge >= 0.3 is 5.97 Å². The number of likely N-dealkylation sites (N-methyl/N-ethyl adjacent to an activating group) is 1. The van der Waals surface area contributed by atoms with Gasteiger partial charge in [0.15, 0.2) is 6.61 Å². The highest BCUT2D eigenvalue weighted by Gasteiger charge is 2.22. The van der Waals surface area contributed by atoms with Gasteiger partial charge in [-0.2, -0.15) is 0 Å². The number of hydrogen-bond acceptors (Lipinski definition) is 6. The fourth-order valence-electron chi connectivity index (χ4n) is 2.93. The van der Waals surface area contributed by atoms with Crippen molar-refractivity contribution in [3.05, 3.63) is 46.2 Å². The molecule has 29 heavy (non-hydrogen) atoms. The SMILES string of the molecule is Cc1ccc(-c2ccsc2C(=O)OCC(=O)N(C)CC(=O)N2CCOCC2)cc1. The monoisotopic (exact) mass is 416 g/mol. The van der Waals surface area contributed by atoms with Crippen LogP contribution in [0.5, 0.6) is 0 Å². The zero-order valence-corrected chi connectivity index (χ0v) is 17.4. The van der Waals surface area contributed by atoms with Crippen molar-refractivity contribution >= 4 is 29.1 Å². The van der Waals surface area contributed by atoms with Crippen LogP contribution >= 0.6 is 11.3 Å². The summed E-state index contributed by atoms with van der Waals surface area (Å²) in [4.78, 5) is 40.4. The maximum Gasteiger partial charge on any atom is 0.349 e. The first-order chi connectivity index (χ1) is 14.0. The summed E-state index contributed by atoms with van der Waals surface area (Å²) in [5.41, 5.74) is 2.83. The maximum atomic E-state index is 12.5. The molecule has 0 radical (unpaired) electrons. The van der Waals surface area contributed by atoms with E-state index in [1.54, 1.807) is 4.90 Å². The third kappa shape index (κ3) is 5.42. The molecule has 1 aromatic heterocycles. The van der Waals surface area contributed by atoms with E-state index < -0.39 is 18.5 Å². The topological polar surface area (TPSA) is 76.2 Å². The molecule has 2 aromatic rings. The average Bonchev–Trinajstić information content (AvgIpc) is 3.22. The predicted molar refractivity (Wildman–Crippen MR) is 110 cm³/mol. The van der Waals surface area contributed by atoms with Crippen LogP contribution in [-0.4, -0.2) is 74.1 Å². The highest BCUT2D eigenvalue weighted by Crippen LogP contribution is 2.29. The molecule has 1 aromatic carbocycles. The minimum atomic E-state index is -0.545. The van der Waals surface area contributed by atoms with E-state index in [0.717, 1.165) is 16.7 Å². The van der Waals surface area contributed by atoms with Gasteiger partial charge in [-0.25, -0.2) is 4.79 Å². The minimum absolute atomic E-state index is 0.0516. The first-order valence-corrected chi connectivity index (χ1v) is 10.2. The summed E-state index contributed by atoms with van der Waals surface area (Å²) >= 11 is 1.27. The highest BCUT2D eigenvalue weighted by molar-refractivity contribution is 7.12. The van der Waals surface area contributed by atoms with Crippen molar-refractivity contribution in [3.63, 3.8) is 0 Å². The normalized spacial score (nSPS) is 13.8. The molecule has 7 nitrogen and oxygen atoms in total. The standard InChI is InChI=1S/C21H24N2O5S/c1-15-3-5-16(6-4-15)17-7-12-29-20(17)21(26)28-14-19(25)22(2)13-18(24)23-8-10-27-11-9-23/h3-7,12H,8-11,13-14H2,1-2H3. The van der Waals surface area contributed by atoms with Crippen LogP contribution in [0, 0.1) is 6.92 Å². The summed E-state index contributed by atoms with van der Waals surface area (Å²) in [5, 5.41) is 1.82. The van der Waals surface area contributed by atoms with E-state index in [9.17, 15) is 14.4 Å². The number of rotatable bonds is 6. The zero-order valence-electron chi connectivity index (χ0n) is 16.6. The number of ether oxygens (including phenoxy) is 2. The molecule has 0 atom stereocenters. The molecule has 1 aliphatic heterocycles. The summed E-state index contributed by atoms with van der Waals surface area (Å²) in [6.07, 6.45) is 0. The lowest BCUT2D eigenvalue weighted by atomic mass is 10.1. The minimum Gasteiger partial charge on any atom is -0.451 e. The van der Waals surface area contributed by atoms with Crippen molar-refractivity contribution in [1.82, 2.24) is 9.80 Å². The van der Waals surface area contributed by atoms with Gasteiger partial charge in [0.25, 0.3) is 5.91 Å². The molecular weight excluding hydrogens is 392 g/mol. The number of carbonyl (C=O) groups excluding carboxylic acids is 3. The Hall–Kier alpha value is -2.71. The summed E-state index contributed by atoms with van der Waals surface area (Å²) in [5.74, 6) is -1.11. The van der Waals surface area contributed by atoms with Crippen LogP contribution in [0.1, 0.15) is 15.2 Å². The van der Waals surface area contributed by atoms with E-state index in [2.05, 4.69) is 0 Å². The lowest BCUT2D eigenvalue weighted by molar-refractivity contribution is -0.143. The molecule has 8 heteroatoms. The van der Waals surface area contributed by atoms with Gasteiger partial charge < -0.3 is 19.3 Å². The molecule has 3 rings (SSSR count). The van der Waals surface area contributed by atoms with Crippen molar-refractivity contribution in [2.24, 2.45) is 0 Å². The summed E-state index contributed by atoms with van der Waals surface area (Å²) in [6.45, 7) is 3.60. The Bertz CT molecular complexity index is 871. The first kappa shape index (κ1) is 21.0. The number of benzene rings is 1. The van der Waals surface area contributed by atoms with Gasteiger partial charge in [-0.15, -0.1) is 11.3 Å². The second-order valence-electron chi connectivity index (χ2n) is 6.85. The molecule has 2 heterocycles. The van der Waals surface area contributed by atoms with Crippen molar-refractivity contribution in [3.8, 4) is 11.1 Å². The van der Waals surface area contributed by atoms with Crippen LogP contribution in [-0.2, 0) is 19.1 Å². The van der Waals surface area contributed by atoms with E-state index in [-0.39, 0.29) is 12.5 Å². The Balaban J connectivity index is 1.54. The third-order valence-electron chi connectivity index (χ3n) is 4.70. The Labute approximate surface area is 173 Å². The fraction of sp³-hybridized carbons (Fsp3) is 0.381. The smallest absolute Gasteiger partial charge is 0.349 e. The molecule has 2 amide bonds. The Morgan fingerprint density at radius 2 is 1.83 bits per heavy atom. The van der Waals surface area contributed by atoms with E-state index in [4.69, 9.17) is 9.47 Å². The molecule has 0 N–H and O–H groups in total. The van der Waals surface area contributed by atoms with Crippen LogP contribution in [0.25, 0.3) is 11.1 Å². The Kier molecular flexibility index (Phi) is 7.00. The molecule has 0 unspecified atom stereocenters. The number of aryl methyl sites for hydroxylation is 1. The quantitative estimate of drug-likeness (QED) is 0.675. The van der Waals surface area contributed by atoms with E-state index in [1.807, 2.05) is 42.6 Å². The Morgan fingerprint density at radius 3 is 2.52 bits per heavy atom. The summed E-state index contributed by atoms with van der Waals surface area (Å²) in [7, 11) is 1.53. The molecule has 0 aliphatic carbocycles. The van der Waals surface area contributed by atoms with E-state index >= 15 is 0 Å². The summed E-state index contributed by atoms with van der Waals surface area (Å²) < 4.78 is 10.4. The van der Waals surface area contributed by atoms with E-state index in [1.165, 1.54) is 23.3 Å². The number of amides is 2. The van der Waals surface area contributed by atoms with Gasteiger partial charge in [0.1, 0.15) is 4.88 Å². The van der Waals surface area contributed by atoms with Crippen molar-refractivity contribution in [2.45, 2.75) is 6.92 Å². The number of hydrogen-bond donors (Lipinski definition) is 0. The summed E-state index contributed by atoms with van der Waals surface area (Å²) in [6, 6.07) is 9.72. The van der Waals surface area contributed by atoms with Gasteiger partial charge in [0.05, 0.1) is 19.8 Å². The van der Waals surface area contributed by atoms with Gasteiger partial charge in [-0.3, -0.25) is 9.59 Å². The predicted octanol–water partition coefficient (Wildman–Crippen LogP) is 2.20. The average molecular weight is 416 g/mol. The zero-order chi connectivity index (χ0) is 20.8. The number of morpholine rings is 1. The second kappa shape index (κ2) is 9.67. The van der Waals surface area contributed by atoms with Gasteiger partial charge in [-0.1, -0.05) is 29.8 Å². The lowest BCUT2D eigenvalue weighted by Crippen LogP contribution is -2.46. The van der Waals surface area contributed by atoms with E-state index in [0.29, 0.717) is 31.2 Å². The molecule has 1 aliphatic rings. The highest BCUT2D eigenvalue weighted by atomic mass is 32.1. The van der Waals surface area contributed by atoms with Crippen LogP contribution in [0.4, 0.5) is 0 Å². The number of thiophene rings is 1. The number of esters is 1. The van der Waals surface area contributed by atoms with Crippen molar-refractivity contribution in [2.75, 3.05) is 46.5 Å². The van der Waals surface area contributed by atoms with Crippen LogP contribution in [0.3, 0.4) is 0 Å². The Morgan fingerprint density at radius 1 is 1.14 bits per heavy atom. The third-order valence-corrected chi connectivity index (χ3v) is 5.60. The largest absolute Gasteiger partial charge is 0.451 e. The van der Waals surface area contributed by atoms with Gasteiger partial charge in [-0.05, 0) is 23.9 Å². The lowest BCUT2D eigenvalue weighted by Gasteiger charge is -2.28. The van der Waals surface area contributed by atoms with Crippen LogP contribution in [0.15, 0.2) is 35.7 Å².